The van der Waals surface area contributed by atoms with Crippen LogP contribution in [0.3, 0.4) is 0 Å². The Bertz CT molecular complexity index is 1390. The fourth-order valence-electron chi connectivity index (χ4n) is 4.70. The third-order valence-electron chi connectivity index (χ3n) is 6.50. The van der Waals surface area contributed by atoms with Crippen LogP contribution in [0.4, 0.5) is 23.7 Å². The molecule has 1 aliphatic heterocycles. The Hall–Kier alpha value is -4.37. The Morgan fingerprint density at radius 2 is 1.90 bits per heavy atom. The van der Waals surface area contributed by atoms with Gasteiger partial charge in [-0.1, -0.05) is 12.1 Å². The summed E-state index contributed by atoms with van der Waals surface area (Å²) in [7, 11) is 5.16. The molecule has 2 amide bonds. The van der Waals surface area contributed by atoms with Gasteiger partial charge in [0.15, 0.2) is 0 Å². The molecule has 0 unspecified atom stereocenters. The van der Waals surface area contributed by atoms with Gasteiger partial charge in [0.1, 0.15) is 17.3 Å². The lowest BCUT2D eigenvalue weighted by Gasteiger charge is -2.33. The van der Waals surface area contributed by atoms with E-state index in [2.05, 4.69) is 6.07 Å². The first kappa shape index (κ1) is 29.2. The summed E-state index contributed by atoms with van der Waals surface area (Å²) in [5.41, 5.74) is 12.9. The predicted molar refractivity (Wildman–Crippen MR) is 137 cm³/mol. The molecule has 12 heteroatoms. The maximum absolute atomic E-state index is 13.5. The van der Waals surface area contributed by atoms with Gasteiger partial charge >= 0.3 is 24.1 Å². The van der Waals surface area contributed by atoms with Crippen LogP contribution in [-0.4, -0.2) is 55.2 Å². The van der Waals surface area contributed by atoms with Crippen LogP contribution in [-0.2, 0) is 22.1 Å². The topological polar surface area (TPSA) is 130 Å². The number of halogens is 3. The Balaban J connectivity index is 2.31. The predicted octanol–water partition coefficient (Wildman–Crippen LogP) is 2.20. The molecule has 9 nitrogen and oxygen atoms in total. The summed E-state index contributed by atoms with van der Waals surface area (Å²) in [6.07, 6.45) is -3.38. The first-order valence-electron chi connectivity index (χ1n) is 12.1. The fourth-order valence-corrected chi connectivity index (χ4v) is 4.70. The zero-order chi connectivity index (χ0) is 29.1. The van der Waals surface area contributed by atoms with E-state index in [4.69, 9.17) is 16.2 Å². The Kier molecular flexibility index (Phi) is 8.66. The Morgan fingerprint density at radius 3 is 2.46 bits per heavy atom. The summed E-state index contributed by atoms with van der Waals surface area (Å²) in [5, 5.41) is 9.49. The minimum Gasteiger partial charge on any atom is -0.465 e. The molecule has 1 aliphatic rings. The average Bonchev–Trinajstić information content (AvgIpc) is 2.87. The number of hydrogen-bond acceptors (Lipinski definition) is 5. The normalized spacial score (nSPS) is 16.0. The van der Waals surface area contributed by atoms with Crippen LogP contribution in [0, 0.1) is 11.3 Å². The number of ether oxygens (including phenoxy) is 1. The van der Waals surface area contributed by atoms with Gasteiger partial charge in [0.05, 0.1) is 50.6 Å². The molecule has 0 fully saturated rings. The highest BCUT2D eigenvalue weighted by molar-refractivity contribution is 5.99. The number of nitriles is 1. The number of hydrogen-bond donors (Lipinski definition) is 3. The van der Waals surface area contributed by atoms with Crippen molar-refractivity contribution in [2.45, 2.75) is 32.0 Å². The van der Waals surface area contributed by atoms with E-state index < -0.39 is 29.8 Å². The summed E-state index contributed by atoms with van der Waals surface area (Å²) in [5.74, 6) is -1.11. The highest BCUT2D eigenvalue weighted by Gasteiger charge is 2.47. The summed E-state index contributed by atoms with van der Waals surface area (Å²) >= 11 is 0. The summed E-state index contributed by atoms with van der Waals surface area (Å²) in [6.45, 7) is 2.32. The SMILES string of the molecule is COC(=O)C1=C(C)[N+](c2cccc(C(F)(F)F)c2)=C(N)N(C(N)=O)[C@@H]1c1ccc(C#N)cc1CCC[NH+](C)C. The van der Waals surface area contributed by atoms with E-state index >= 15 is 0 Å². The molecular weight excluding hydrogens is 513 g/mol. The van der Waals surface area contributed by atoms with Gasteiger partial charge in [-0.15, -0.1) is 0 Å². The molecule has 3 rings (SSSR count). The molecule has 0 saturated heterocycles. The summed E-state index contributed by atoms with van der Waals surface area (Å²) in [4.78, 5) is 28.2. The number of amides is 2. The number of guanidine groups is 1. The van der Waals surface area contributed by atoms with Crippen LogP contribution < -0.4 is 16.4 Å². The van der Waals surface area contributed by atoms with E-state index in [9.17, 15) is 28.0 Å². The van der Waals surface area contributed by atoms with Crippen molar-refractivity contribution in [3.8, 4) is 6.07 Å². The van der Waals surface area contributed by atoms with Crippen molar-refractivity contribution in [1.29, 1.82) is 5.26 Å². The number of methoxy groups -OCH3 is 1. The first-order valence-corrected chi connectivity index (χ1v) is 12.1. The second kappa shape index (κ2) is 11.6. The standard InChI is InChI=1S/C27H29F3N6O3/c1-16-22(24(37)39-4)23(21-11-10-17(15-31)13-18(21)7-6-12-34(2)3)36(26(33)38)25(32)35(16)20-9-5-8-19(14-20)27(28,29)30/h5,8-11,13-14,23,32H,6-7,12H2,1-4H3,(H2,33,38)/p+2/t23-/m1/s1. The summed E-state index contributed by atoms with van der Waals surface area (Å²) < 4.78 is 46.7. The molecule has 1 atom stereocenters. The van der Waals surface area contributed by atoms with Crippen molar-refractivity contribution >= 4 is 23.6 Å². The van der Waals surface area contributed by atoms with Crippen LogP contribution in [0.15, 0.2) is 53.7 Å². The third kappa shape index (κ3) is 6.04. The minimum atomic E-state index is -4.64. The van der Waals surface area contributed by atoms with Crippen LogP contribution in [0.25, 0.3) is 0 Å². The lowest BCUT2D eigenvalue weighted by Crippen LogP contribution is -3.05. The lowest BCUT2D eigenvalue weighted by atomic mass is 9.88. The van der Waals surface area contributed by atoms with E-state index in [0.717, 1.165) is 37.1 Å². The molecule has 0 saturated carbocycles. The molecule has 1 heterocycles. The number of carbonyl (C=O) groups excluding carboxylic acids is 2. The number of allylic oxidation sites excluding steroid dienone is 1. The van der Waals surface area contributed by atoms with E-state index in [-0.39, 0.29) is 22.9 Å². The van der Waals surface area contributed by atoms with Crippen molar-refractivity contribution in [1.82, 2.24) is 4.90 Å². The van der Waals surface area contributed by atoms with Gasteiger partial charge in [-0.05, 0) is 54.8 Å². The maximum Gasteiger partial charge on any atom is 0.416 e. The second-order valence-corrected chi connectivity index (χ2v) is 9.43. The Morgan fingerprint density at radius 1 is 1.21 bits per heavy atom. The number of nitrogens with one attached hydrogen (secondary N) is 1. The zero-order valence-corrected chi connectivity index (χ0v) is 22.1. The van der Waals surface area contributed by atoms with E-state index in [0.29, 0.717) is 23.1 Å². The number of quaternary nitrogens is 1. The van der Waals surface area contributed by atoms with E-state index in [1.165, 1.54) is 28.5 Å². The first-order chi connectivity index (χ1) is 18.3. The highest BCUT2D eigenvalue weighted by atomic mass is 19.4. The molecule has 0 aromatic heterocycles. The number of nitrogens with two attached hydrogens (primary N) is 2. The van der Waals surface area contributed by atoms with Gasteiger partial charge in [-0.2, -0.15) is 23.3 Å². The van der Waals surface area contributed by atoms with Gasteiger partial charge in [0, 0.05) is 6.42 Å². The highest BCUT2D eigenvalue weighted by Crippen LogP contribution is 2.40. The number of primary amides is 1. The zero-order valence-electron chi connectivity index (χ0n) is 22.1. The van der Waals surface area contributed by atoms with E-state index in [1.807, 2.05) is 14.1 Å². The molecule has 0 bridgehead atoms. The molecule has 39 heavy (non-hydrogen) atoms. The molecular formula is C27H31F3N6O3+2. The number of aryl methyl sites for hydroxylation is 1. The monoisotopic (exact) mass is 544 g/mol. The van der Waals surface area contributed by atoms with Crippen LogP contribution in [0.2, 0.25) is 0 Å². The van der Waals surface area contributed by atoms with Crippen LogP contribution in [0.5, 0.6) is 0 Å². The largest absolute Gasteiger partial charge is 0.465 e. The number of alkyl halides is 3. The average molecular weight is 545 g/mol. The smallest absolute Gasteiger partial charge is 0.416 e. The number of esters is 1. The molecule has 0 aliphatic carbocycles. The second-order valence-electron chi connectivity index (χ2n) is 9.43. The molecule has 0 spiro atoms. The number of urea groups is 1. The number of carbonyl (C=O) groups is 2. The molecule has 2 aromatic rings. The van der Waals surface area contributed by atoms with Gasteiger partial charge in [0.2, 0.25) is 0 Å². The van der Waals surface area contributed by atoms with Gasteiger partial charge in [0.25, 0.3) is 0 Å². The fraction of sp³-hybridized carbons (Fsp3) is 0.333. The number of benzene rings is 2. The van der Waals surface area contributed by atoms with Crippen LogP contribution >= 0.6 is 0 Å². The van der Waals surface area contributed by atoms with Crippen molar-refractivity contribution in [3.63, 3.8) is 0 Å². The number of nitrogens with zero attached hydrogens (tertiary/aromatic N) is 3. The summed E-state index contributed by atoms with van der Waals surface area (Å²) in [6, 6.07) is 9.10. The van der Waals surface area contributed by atoms with Crippen molar-refractivity contribution < 1.29 is 37.0 Å². The third-order valence-corrected chi connectivity index (χ3v) is 6.50. The van der Waals surface area contributed by atoms with Crippen molar-refractivity contribution in [2.75, 3.05) is 27.7 Å². The molecule has 5 N–H and O–H groups in total. The minimum absolute atomic E-state index is 0.0278. The maximum atomic E-state index is 13.5. The van der Waals surface area contributed by atoms with Gasteiger partial charge in [-0.3, -0.25) is 5.73 Å². The van der Waals surface area contributed by atoms with Gasteiger partial charge in [-0.25, -0.2) is 14.2 Å². The quantitative estimate of drug-likeness (QED) is 0.364. The van der Waals surface area contributed by atoms with Crippen LogP contribution in [0.1, 0.15) is 41.6 Å². The van der Waals surface area contributed by atoms with E-state index in [1.54, 1.807) is 18.2 Å². The molecule has 206 valence electrons. The molecule has 2 aromatic carbocycles. The van der Waals surface area contributed by atoms with Crippen molar-refractivity contribution in [3.05, 3.63) is 76.0 Å². The number of rotatable bonds is 7. The lowest BCUT2D eigenvalue weighted by molar-refractivity contribution is -0.858. The van der Waals surface area contributed by atoms with Gasteiger partial charge < -0.3 is 15.4 Å². The Labute approximate surface area is 224 Å². The van der Waals surface area contributed by atoms with Crippen molar-refractivity contribution in [2.24, 2.45) is 11.5 Å². The molecule has 0 radical (unpaired) electrons.